The zero-order valence-corrected chi connectivity index (χ0v) is 7.61. The summed E-state index contributed by atoms with van der Waals surface area (Å²) in [5.74, 6) is 0. The van der Waals surface area contributed by atoms with Crippen LogP contribution in [0.15, 0.2) is 35.6 Å². The van der Waals surface area contributed by atoms with Crippen LogP contribution in [-0.4, -0.2) is 17.7 Å². The summed E-state index contributed by atoms with van der Waals surface area (Å²) in [7, 11) is 0. The summed E-state index contributed by atoms with van der Waals surface area (Å²) in [5, 5.41) is 8.95. The Labute approximate surface area is 78.4 Å². The molecule has 0 aromatic carbocycles. The molecule has 0 aliphatic heterocycles. The number of allylic oxidation sites excluding steroid dienone is 2. The number of hydrogen-bond donors (Lipinski definition) is 3. The van der Waals surface area contributed by atoms with Gasteiger partial charge >= 0.3 is 0 Å². The Bertz CT molecular complexity index is 254. The summed E-state index contributed by atoms with van der Waals surface area (Å²) in [5.41, 5.74) is 13.0. The molecule has 72 valence electrons. The first-order valence-corrected chi connectivity index (χ1v) is 4.45. The monoisotopic (exact) mass is 180 g/mol. The lowest BCUT2D eigenvalue weighted by Crippen LogP contribution is -2.18. The van der Waals surface area contributed by atoms with Crippen LogP contribution in [0, 0.1) is 0 Å². The maximum absolute atomic E-state index is 8.95. The van der Waals surface area contributed by atoms with E-state index < -0.39 is 0 Å². The number of hydrogen-bond acceptors (Lipinski definition) is 3. The smallest absolute Gasteiger partial charge is 0.0829 e. The first-order chi connectivity index (χ1) is 6.27. The molecule has 0 amide bonds. The van der Waals surface area contributed by atoms with E-state index in [9.17, 15) is 0 Å². The second kappa shape index (κ2) is 4.84. The minimum atomic E-state index is 0.113. The molecule has 0 saturated heterocycles. The van der Waals surface area contributed by atoms with E-state index in [1.165, 1.54) is 0 Å². The number of aliphatic hydroxyl groups excluding tert-OH is 1. The Morgan fingerprint density at radius 2 is 2.46 bits per heavy atom. The molecule has 3 nitrogen and oxygen atoms in total. The van der Waals surface area contributed by atoms with Crippen LogP contribution in [0.3, 0.4) is 0 Å². The first-order valence-electron chi connectivity index (χ1n) is 4.45. The van der Waals surface area contributed by atoms with Gasteiger partial charge < -0.3 is 16.6 Å². The Morgan fingerprint density at radius 3 is 2.92 bits per heavy atom. The average Bonchev–Trinajstić information content (AvgIpc) is 2.16. The van der Waals surface area contributed by atoms with Gasteiger partial charge in [-0.25, -0.2) is 0 Å². The molecule has 5 N–H and O–H groups in total. The van der Waals surface area contributed by atoms with Crippen molar-refractivity contribution < 1.29 is 5.11 Å². The van der Waals surface area contributed by atoms with Crippen LogP contribution in [0.5, 0.6) is 0 Å². The number of rotatable bonds is 3. The summed E-state index contributed by atoms with van der Waals surface area (Å²) >= 11 is 0. The second-order valence-electron chi connectivity index (χ2n) is 3.11. The van der Waals surface area contributed by atoms with E-state index >= 15 is 0 Å². The van der Waals surface area contributed by atoms with Crippen molar-refractivity contribution in [3.8, 4) is 0 Å². The van der Waals surface area contributed by atoms with Crippen LogP contribution >= 0.6 is 0 Å². The molecule has 0 unspecified atom stereocenters. The van der Waals surface area contributed by atoms with Gasteiger partial charge in [0.2, 0.25) is 0 Å². The Kier molecular flexibility index (Phi) is 3.73. The lowest BCUT2D eigenvalue weighted by Gasteiger charge is -2.13. The Hall–Kier alpha value is -1.06. The zero-order valence-electron chi connectivity index (χ0n) is 7.61. The van der Waals surface area contributed by atoms with E-state index in [0.717, 1.165) is 23.8 Å². The normalized spacial score (nSPS) is 23.1. The highest BCUT2D eigenvalue weighted by atomic mass is 16.2. The van der Waals surface area contributed by atoms with E-state index in [-0.39, 0.29) is 6.04 Å². The van der Waals surface area contributed by atoms with Crippen molar-refractivity contribution >= 4 is 0 Å². The average molecular weight is 180 g/mol. The summed E-state index contributed by atoms with van der Waals surface area (Å²) in [6.07, 6.45) is 8.55. The van der Waals surface area contributed by atoms with Crippen LogP contribution in [0.4, 0.5) is 0 Å². The predicted octanol–water partition coefficient (Wildman–Crippen LogP) is 0.991. The maximum Gasteiger partial charge on any atom is 0.0829 e. The summed E-state index contributed by atoms with van der Waals surface area (Å²) < 4.78 is 0. The third-order valence-electron chi connectivity index (χ3n) is 2.07. The fraction of sp³-hybridized carbons (Fsp3) is 0.400. The largest absolute Gasteiger partial charge is 0.515 e. The highest BCUT2D eigenvalue weighted by Gasteiger charge is 2.07. The molecule has 0 bridgehead atoms. The molecule has 1 aliphatic carbocycles. The molecule has 0 radical (unpaired) electrons. The van der Waals surface area contributed by atoms with Crippen LogP contribution in [0.1, 0.15) is 12.8 Å². The van der Waals surface area contributed by atoms with Gasteiger partial charge in [-0.15, -0.1) is 0 Å². The predicted molar refractivity (Wildman–Crippen MR) is 54.2 cm³/mol. The SMILES string of the molecule is NCC/C(=C\O)C1=CC[C@H](N)C=C1. The second-order valence-corrected chi connectivity index (χ2v) is 3.11. The van der Waals surface area contributed by atoms with Gasteiger partial charge in [0.25, 0.3) is 0 Å². The number of aliphatic hydroxyl groups is 1. The zero-order chi connectivity index (χ0) is 9.68. The molecule has 0 aromatic rings. The number of nitrogens with two attached hydrogens (primary N) is 2. The highest BCUT2D eigenvalue weighted by molar-refractivity contribution is 5.41. The highest BCUT2D eigenvalue weighted by Crippen LogP contribution is 2.19. The van der Waals surface area contributed by atoms with Crippen molar-refractivity contribution in [3.05, 3.63) is 35.6 Å². The molecule has 1 aliphatic rings. The fourth-order valence-electron chi connectivity index (χ4n) is 1.31. The minimum Gasteiger partial charge on any atom is -0.515 e. The summed E-state index contributed by atoms with van der Waals surface area (Å²) in [6, 6.07) is 0.113. The standard InChI is InChI=1S/C10H16N2O/c11-6-5-9(7-13)8-1-3-10(12)4-2-8/h1-3,7,10,13H,4-6,11-12H2/b9-7+/t10-/m1/s1. The minimum absolute atomic E-state index is 0.113. The molecule has 0 fully saturated rings. The molecule has 0 saturated carbocycles. The molecule has 0 spiro atoms. The molecular weight excluding hydrogens is 164 g/mol. The summed E-state index contributed by atoms with van der Waals surface area (Å²) in [4.78, 5) is 0. The van der Waals surface area contributed by atoms with Crippen molar-refractivity contribution in [1.82, 2.24) is 0 Å². The van der Waals surface area contributed by atoms with Gasteiger partial charge in [-0.05, 0) is 30.5 Å². The van der Waals surface area contributed by atoms with Gasteiger partial charge in [0.15, 0.2) is 0 Å². The summed E-state index contributed by atoms with van der Waals surface area (Å²) in [6.45, 7) is 0.545. The van der Waals surface area contributed by atoms with Gasteiger partial charge in [0, 0.05) is 6.04 Å². The molecule has 0 aromatic heterocycles. The van der Waals surface area contributed by atoms with Gasteiger partial charge in [-0.3, -0.25) is 0 Å². The van der Waals surface area contributed by atoms with Crippen molar-refractivity contribution in [2.75, 3.05) is 6.54 Å². The van der Waals surface area contributed by atoms with Crippen molar-refractivity contribution in [3.63, 3.8) is 0 Å². The van der Waals surface area contributed by atoms with Crippen LogP contribution in [-0.2, 0) is 0 Å². The lowest BCUT2D eigenvalue weighted by molar-refractivity contribution is 0.466. The van der Waals surface area contributed by atoms with E-state index in [2.05, 4.69) is 0 Å². The molecule has 0 heterocycles. The lowest BCUT2D eigenvalue weighted by atomic mass is 9.96. The third kappa shape index (κ3) is 2.72. The van der Waals surface area contributed by atoms with Crippen molar-refractivity contribution in [2.24, 2.45) is 11.5 Å². The Morgan fingerprint density at radius 1 is 1.69 bits per heavy atom. The fourth-order valence-corrected chi connectivity index (χ4v) is 1.31. The van der Waals surface area contributed by atoms with Crippen molar-refractivity contribution in [2.45, 2.75) is 18.9 Å². The van der Waals surface area contributed by atoms with E-state index in [1.807, 2.05) is 18.2 Å². The van der Waals surface area contributed by atoms with E-state index in [4.69, 9.17) is 16.6 Å². The first kappa shape index (κ1) is 10.0. The van der Waals surface area contributed by atoms with Gasteiger partial charge in [-0.1, -0.05) is 18.2 Å². The molecule has 1 rings (SSSR count). The van der Waals surface area contributed by atoms with Crippen molar-refractivity contribution in [1.29, 1.82) is 0 Å². The molecule has 1 atom stereocenters. The third-order valence-corrected chi connectivity index (χ3v) is 2.07. The van der Waals surface area contributed by atoms with E-state index in [1.54, 1.807) is 0 Å². The van der Waals surface area contributed by atoms with Gasteiger partial charge in [0.1, 0.15) is 0 Å². The molecule has 3 heteroatoms. The maximum atomic E-state index is 8.95. The molecule has 13 heavy (non-hydrogen) atoms. The quantitative estimate of drug-likeness (QED) is 0.567. The van der Waals surface area contributed by atoms with Gasteiger partial charge in [0.05, 0.1) is 6.26 Å². The van der Waals surface area contributed by atoms with E-state index in [0.29, 0.717) is 13.0 Å². The van der Waals surface area contributed by atoms with Crippen LogP contribution in [0.2, 0.25) is 0 Å². The Balaban J connectivity index is 2.67. The van der Waals surface area contributed by atoms with Gasteiger partial charge in [-0.2, -0.15) is 0 Å². The molecular formula is C10H16N2O. The van der Waals surface area contributed by atoms with Crippen LogP contribution < -0.4 is 11.5 Å². The topological polar surface area (TPSA) is 72.3 Å². The van der Waals surface area contributed by atoms with Crippen LogP contribution in [0.25, 0.3) is 0 Å².